The van der Waals surface area contributed by atoms with E-state index in [-0.39, 0.29) is 16.9 Å². The molecule has 0 bridgehead atoms. The van der Waals surface area contributed by atoms with Crippen LogP contribution in [0.5, 0.6) is 0 Å². The predicted molar refractivity (Wildman–Crippen MR) is 74.7 cm³/mol. The number of nitrogens with one attached hydrogen (secondary N) is 2. The topological polar surface area (TPSA) is 110 Å². The van der Waals surface area contributed by atoms with Gasteiger partial charge in [0.15, 0.2) is 0 Å². The normalized spacial score (nSPS) is 12.7. The Balaban J connectivity index is 2.91. The molecule has 2 N–H and O–H groups in total. The van der Waals surface area contributed by atoms with Gasteiger partial charge in [-0.2, -0.15) is 0 Å². The first-order valence-corrected chi connectivity index (χ1v) is 6.23. The van der Waals surface area contributed by atoms with Crippen LogP contribution in [0, 0.1) is 10.1 Å². The minimum absolute atomic E-state index is 0.0911. The lowest BCUT2D eigenvalue weighted by atomic mass is 10.1. The van der Waals surface area contributed by atoms with Crippen molar-refractivity contribution in [1.29, 1.82) is 0 Å². The second kappa shape index (κ2) is 6.00. The average Bonchev–Trinajstić information content (AvgIpc) is 2.25. The van der Waals surface area contributed by atoms with Crippen molar-refractivity contribution in [3.05, 3.63) is 21.6 Å². The standard InChI is InChI=1S/C11H16ClN5O3/c1-6(10(18)16-11(2,3)4)15-9-7(17(19)20)8(12)13-5-14-9/h5-6H,1-4H3,(H,16,18)(H,13,14,15). The van der Waals surface area contributed by atoms with E-state index in [4.69, 9.17) is 11.6 Å². The summed E-state index contributed by atoms with van der Waals surface area (Å²) in [6.07, 6.45) is 1.09. The van der Waals surface area contributed by atoms with E-state index in [1.807, 2.05) is 20.8 Å². The van der Waals surface area contributed by atoms with Crippen molar-refractivity contribution in [2.24, 2.45) is 0 Å². The molecule has 0 radical (unpaired) electrons. The number of hydrogen-bond acceptors (Lipinski definition) is 6. The van der Waals surface area contributed by atoms with Gasteiger partial charge in [-0.05, 0) is 27.7 Å². The molecule has 0 aliphatic heterocycles. The summed E-state index contributed by atoms with van der Waals surface area (Å²) in [5, 5.41) is 16.1. The molecule has 1 aromatic heterocycles. The Morgan fingerprint density at radius 3 is 2.55 bits per heavy atom. The Hall–Kier alpha value is -1.96. The average molecular weight is 302 g/mol. The summed E-state index contributed by atoms with van der Waals surface area (Å²) in [4.78, 5) is 29.4. The number of carbonyl (C=O) groups excluding carboxylic acids is 1. The molecular formula is C11H16ClN5O3. The first-order chi connectivity index (χ1) is 9.11. The fraction of sp³-hybridized carbons (Fsp3) is 0.545. The zero-order valence-electron chi connectivity index (χ0n) is 11.6. The summed E-state index contributed by atoms with van der Waals surface area (Å²) < 4.78 is 0. The molecule has 0 fully saturated rings. The van der Waals surface area contributed by atoms with E-state index >= 15 is 0 Å². The first kappa shape index (κ1) is 16.1. The molecule has 0 spiro atoms. The lowest BCUT2D eigenvalue weighted by molar-refractivity contribution is -0.384. The number of nitro groups is 1. The molecule has 20 heavy (non-hydrogen) atoms. The van der Waals surface area contributed by atoms with Crippen LogP contribution in [0.15, 0.2) is 6.33 Å². The summed E-state index contributed by atoms with van der Waals surface area (Å²) >= 11 is 5.66. The SMILES string of the molecule is CC(Nc1ncnc(Cl)c1[N+](=O)[O-])C(=O)NC(C)(C)C. The van der Waals surface area contributed by atoms with Crippen LogP contribution in [0.25, 0.3) is 0 Å². The fourth-order valence-corrected chi connectivity index (χ4v) is 1.58. The number of carbonyl (C=O) groups is 1. The monoisotopic (exact) mass is 301 g/mol. The number of rotatable bonds is 4. The van der Waals surface area contributed by atoms with E-state index in [2.05, 4.69) is 20.6 Å². The molecule has 9 heteroatoms. The third-order valence-electron chi connectivity index (χ3n) is 2.20. The van der Waals surface area contributed by atoms with E-state index in [0.717, 1.165) is 6.33 Å². The van der Waals surface area contributed by atoms with Crippen molar-refractivity contribution in [3.63, 3.8) is 0 Å². The Morgan fingerprint density at radius 1 is 1.45 bits per heavy atom. The second-order valence-corrected chi connectivity index (χ2v) is 5.58. The minimum atomic E-state index is -0.709. The molecule has 1 rings (SSSR count). The molecule has 1 heterocycles. The lowest BCUT2D eigenvalue weighted by Gasteiger charge is -2.23. The zero-order chi connectivity index (χ0) is 15.5. The van der Waals surface area contributed by atoms with E-state index in [1.54, 1.807) is 6.92 Å². The zero-order valence-corrected chi connectivity index (χ0v) is 12.4. The highest BCUT2D eigenvalue weighted by atomic mass is 35.5. The molecule has 110 valence electrons. The molecule has 0 aliphatic rings. The molecule has 0 saturated heterocycles. The molecule has 1 atom stereocenters. The van der Waals surface area contributed by atoms with Gasteiger partial charge in [0.05, 0.1) is 4.92 Å². The van der Waals surface area contributed by atoms with Crippen molar-refractivity contribution >= 4 is 29.0 Å². The van der Waals surface area contributed by atoms with Crippen LogP contribution in [0.2, 0.25) is 5.15 Å². The molecule has 1 unspecified atom stereocenters. The molecule has 8 nitrogen and oxygen atoms in total. The number of halogens is 1. The summed E-state index contributed by atoms with van der Waals surface area (Å²) in [5.74, 6) is -0.395. The van der Waals surface area contributed by atoms with Gasteiger partial charge in [-0.15, -0.1) is 0 Å². The van der Waals surface area contributed by atoms with Gasteiger partial charge in [0.2, 0.25) is 16.9 Å². The minimum Gasteiger partial charge on any atom is -0.353 e. The maximum atomic E-state index is 11.9. The molecule has 1 amide bonds. The van der Waals surface area contributed by atoms with Crippen molar-refractivity contribution in [2.75, 3.05) is 5.32 Å². The van der Waals surface area contributed by atoms with Gasteiger partial charge in [-0.3, -0.25) is 14.9 Å². The quantitative estimate of drug-likeness (QED) is 0.498. The number of nitrogens with zero attached hydrogens (tertiary/aromatic N) is 3. The number of aromatic nitrogens is 2. The summed E-state index contributed by atoms with van der Waals surface area (Å²) in [6.45, 7) is 7.08. The van der Waals surface area contributed by atoms with Crippen molar-refractivity contribution < 1.29 is 9.72 Å². The smallest absolute Gasteiger partial charge is 0.348 e. The number of amides is 1. The van der Waals surface area contributed by atoms with Crippen molar-refractivity contribution in [2.45, 2.75) is 39.3 Å². The van der Waals surface area contributed by atoms with Crippen molar-refractivity contribution in [1.82, 2.24) is 15.3 Å². The fourth-order valence-electron chi connectivity index (χ4n) is 1.37. The summed E-state index contributed by atoms with van der Waals surface area (Å²) in [5.41, 5.74) is -0.855. The van der Waals surface area contributed by atoms with Gasteiger partial charge < -0.3 is 10.6 Å². The van der Waals surface area contributed by atoms with Gasteiger partial charge >= 0.3 is 5.69 Å². The maximum Gasteiger partial charge on any atom is 0.348 e. The third-order valence-corrected chi connectivity index (χ3v) is 2.48. The van der Waals surface area contributed by atoms with Crippen LogP contribution in [0.1, 0.15) is 27.7 Å². The van der Waals surface area contributed by atoms with E-state index in [0.29, 0.717) is 0 Å². The van der Waals surface area contributed by atoms with Gasteiger partial charge in [0, 0.05) is 5.54 Å². The van der Waals surface area contributed by atoms with Gasteiger partial charge in [-0.25, -0.2) is 9.97 Å². The summed E-state index contributed by atoms with van der Waals surface area (Å²) in [7, 11) is 0. The largest absolute Gasteiger partial charge is 0.353 e. The lowest BCUT2D eigenvalue weighted by Crippen LogP contribution is -2.47. The predicted octanol–water partition coefficient (Wildman–Crippen LogP) is 1.75. The van der Waals surface area contributed by atoms with Crippen LogP contribution < -0.4 is 10.6 Å². The van der Waals surface area contributed by atoms with Crippen molar-refractivity contribution in [3.8, 4) is 0 Å². The van der Waals surface area contributed by atoms with Gasteiger partial charge in [-0.1, -0.05) is 11.6 Å². The Kier molecular flexibility index (Phi) is 4.83. The first-order valence-electron chi connectivity index (χ1n) is 5.85. The van der Waals surface area contributed by atoms with E-state index in [9.17, 15) is 14.9 Å². The molecular weight excluding hydrogens is 286 g/mol. The number of hydrogen-bond donors (Lipinski definition) is 2. The third kappa shape index (κ3) is 4.30. The summed E-state index contributed by atoms with van der Waals surface area (Å²) in [6, 6.07) is -0.709. The maximum absolute atomic E-state index is 11.9. The van der Waals surface area contributed by atoms with Crippen LogP contribution in [0.4, 0.5) is 11.5 Å². The van der Waals surface area contributed by atoms with Crippen LogP contribution in [-0.2, 0) is 4.79 Å². The highest BCUT2D eigenvalue weighted by molar-refractivity contribution is 6.31. The van der Waals surface area contributed by atoms with Gasteiger partial charge in [0.1, 0.15) is 12.4 Å². The molecule has 0 saturated carbocycles. The van der Waals surface area contributed by atoms with Crippen LogP contribution >= 0.6 is 11.6 Å². The molecule has 1 aromatic rings. The Morgan fingerprint density at radius 2 is 2.05 bits per heavy atom. The molecule has 0 aromatic carbocycles. The van der Waals surface area contributed by atoms with E-state index < -0.39 is 22.2 Å². The second-order valence-electron chi connectivity index (χ2n) is 5.22. The van der Waals surface area contributed by atoms with Gasteiger partial charge in [0.25, 0.3) is 0 Å². The Bertz CT molecular complexity index is 529. The molecule has 0 aliphatic carbocycles. The Labute approximate surface area is 121 Å². The van der Waals surface area contributed by atoms with E-state index in [1.165, 1.54) is 0 Å². The van der Waals surface area contributed by atoms with Crippen LogP contribution in [-0.4, -0.2) is 32.4 Å². The van der Waals surface area contributed by atoms with Crippen LogP contribution in [0.3, 0.4) is 0 Å². The highest BCUT2D eigenvalue weighted by Gasteiger charge is 2.25. The number of anilines is 1. The highest BCUT2D eigenvalue weighted by Crippen LogP contribution is 2.28.